The number of aromatic nitrogens is 2. The molecule has 1 aliphatic heterocycles. The van der Waals surface area contributed by atoms with E-state index in [0.717, 1.165) is 16.9 Å². The maximum Gasteiger partial charge on any atom is 0.317 e. The summed E-state index contributed by atoms with van der Waals surface area (Å²) in [5.74, 6) is 1.08. The molecule has 0 spiro atoms. The zero-order valence-corrected chi connectivity index (χ0v) is 16.0. The van der Waals surface area contributed by atoms with Crippen molar-refractivity contribution in [2.24, 2.45) is 4.99 Å². The molecule has 5 rings (SSSR count). The van der Waals surface area contributed by atoms with E-state index in [4.69, 9.17) is 13.8 Å². The van der Waals surface area contributed by atoms with Gasteiger partial charge in [0.15, 0.2) is 5.76 Å². The fraction of sp³-hybridized carbons (Fsp3) is 0.0909. The number of amides is 1. The lowest BCUT2D eigenvalue weighted by atomic mass is 10.0. The molecule has 1 aliphatic rings. The molecule has 2 aromatic heterocycles. The molecule has 0 saturated carbocycles. The predicted molar refractivity (Wildman–Crippen MR) is 111 cm³/mol. The molecule has 2 N–H and O–H groups in total. The molecule has 148 valence electrons. The Morgan fingerprint density at radius 2 is 1.73 bits per heavy atom. The van der Waals surface area contributed by atoms with Gasteiger partial charge in [-0.15, -0.1) is 5.10 Å². The van der Waals surface area contributed by atoms with Gasteiger partial charge >= 0.3 is 6.01 Å². The van der Waals surface area contributed by atoms with Crippen LogP contribution in [0.2, 0.25) is 0 Å². The number of fused-ring (bicyclic) bond motifs is 1. The summed E-state index contributed by atoms with van der Waals surface area (Å²) in [6.07, 6.45) is -0.959. The van der Waals surface area contributed by atoms with Gasteiger partial charge in [0.2, 0.25) is 6.17 Å². The second-order valence-electron chi connectivity index (χ2n) is 6.75. The van der Waals surface area contributed by atoms with E-state index < -0.39 is 6.17 Å². The van der Waals surface area contributed by atoms with Crippen LogP contribution in [0.1, 0.15) is 16.9 Å². The highest BCUT2D eigenvalue weighted by atomic mass is 16.4. The highest BCUT2D eigenvalue weighted by molar-refractivity contribution is 6.19. The monoisotopic (exact) mass is 399 g/mol. The van der Waals surface area contributed by atoms with Crippen LogP contribution >= 0.6 is 0 Å². The van der Waals surface area contributed by atoms with E-state index in [1.54, 1.807) is 12.1 Å². The highest BCUT2D eigenvalue weighted by Gasteiger charge is 2.27. The Morgan fingerprint density at radius 3 is 2.53 bits per heavy atom. The first kappa shape index (κ1) is 17.9. The number of aryl methyl sites for hydroxylation is 1. The third-order valence-electron chi connectivity index (χ3n) is 4.63. The summed E-state index contributed by atoms with van der Waals surface area (Å²) in [5.41, 5.74) is 3.10. The summed E-state index contributed by atoms with van der Waals surface area (Å²) in [6.45, 7) is 1.83. The van der Waals surface area contributed by atoms with Gasteiger partial charge in [0.25, 0.3) is 11.8 Å². The lowest BCUT2D eigenvalue weighted by molar-refractivity contribution is -0.116. The average Bonchev–Trinajstić information content (AvgIpc) is 3.38. The van der Waals surface area contributed by atoms with Gasteiger partial charge in [-0.1, -0.05) is 53.6 Å². The van der Waals surface area contributed by atoms with Crippen molar-refractivity contribution in [1.82, 2.24) is 10.2 Å². The number of carbonyl (C=O) groups is 1. The van der Waals surface area contributed by atoms with Gasteiger partial charge < -0.3 is 19.5 Å². The minimum Gasteiger partial charge on any atom is -0.456 e. The number of aliphatic imine (C=N–C) groups is 1. The van der Waals surface area contributed by atoms with Crippen LogP contribution < -0.4 is 10.6 Å². The molecule has 30 heavy (non-hydrogen) atoms. The molecule has 8 nitrogen and oxygen atoms in total. The van der Waals surface area contributed by atoms with E-state index in [2.05, 4.69) is 20.8 Å². The Labute approximate surface area is 171 Å². The van der Waals surface area contributed by atoms with E-state index >= 15 is 0 Å². The van der Waals surface area contributed by atoms with Crippen molar-refractivity contribution in [3.8, 4) is 11.7 Å². The quantitative estimate of drug-likeness (QED) is 0.540. The molecule has 2 aromatic carbocycles. The molecule has 1 unspecified atom stereocenters. The van der Waals surface area contributed by atoms with Crippen LogP contribution in [0.25, 0.3) is 11.7 Å². The first-order chi connectivity index (χ1) is 14.7. The summed E-state index contributed by atoms with van der Waals surface area (Å²) in [5, 5.41) is 13.8. The molecule has 0 aliphatic carbocycles. The summed E-state index contributed by atoms with van der Waals surface area (Å²) >= 11 is 0. The number of hydrogen-bond donors (Lipinski definition) is 2. The van der Waals surface area contributed by atoms with Crippen molar-refractivity contribution < 1.29 is 13.6 Å². The fourth-order valence-corrected chi connectivity index (χ4v) is 3.23. The third kappa shape index (κ3) is 3.35. The molecule has 4 aromatic rings. The zero-order valence-electron chi connectivity index (χ0n) is 16.0. The third-order valence-corrected chi connectivity index (χ3v) is 4.63. The Balaban J connectivity index is 1.51. The first-order valence-electron chi connectivity index (χ1n) is 9.38. The first-order valence-corrected chi connectivity index (χ1v) is 9.38. The number of nitrogens with zero attached hydrogens (tertiary/aromatic N) is 3. The van der Waals surface area contributed by atoms with Crippen LogP contribution in [0.4, 0.5) is 11.7 Å². The van der Waals surface area contributed by atoms with Gasteiger partial charge in [-0.25, -0.2) is 4.99 Å². The van der Waals surface area contributed by atoms with Gasteiger partial charge in [0.05, 0.1) is 11.4 Å². The molecule has 8 heteroatoms. The molecule has 0 saturated heterocycles. The van der Waals surface area contributed by atoms with Crippen molar-refractivity contribution >= 4 is 23.3 Å². The standard InChI is InChI=1S/C22H17N5O3/c1-13-11-12-17(29-13)21-26-27-22(30-21)25-19-20(28)23-16-10-6-5-9-15(16)18(24-19)14-7-3-2-4-8-14/h2-12,19H,1H3,(H,23,28)(H,25,27). The topological polar surface area (TPSA) is 106 Å². The lowest BCUT2D eigenvalue weighted by Gasteiger charge is -2.11. The molecule has 1 amide bonds. The largest absolute Gasteiger partial charge is 0.456 e. The van der Waals surface area contributed by atoms with E-state index in [1.807, 2.05) is 61.5 Å². The number of nitrogens with one attached hydrogen (secondary N) is 2. The van der Waals surface area contributed by atoms with Crippen LogP contribution in [0.5, 0.6) is 0 Å². The van der Waals surface area contributed by atoms with E-state index in [-0.39, 0.29) is 17.8 Å². The number of anilines is 2. The summed E-state index contributed by atoms with van der Waals surface area (Å²) < 4.78 is 11.1. The van der Waals surface area contributed by atoms with Crippen LogP contribution in [0, 0.1) is 6.92 Å². The minimum absolute atomic E-state index is 0.0707. The van der Waals surface area contributed by atoms with Crippen LogP contribution in [-0.4, -0.2) is 28.0 Å². The van der Waals surface area contributed by atoms with Crippen LogP contribution in [0.3, 0.4) is 0 Å². The highest BCUT2D eigenvalue weighted by Crippen LogP contribution is 2.26. The Morgan fingerprint density at radius 1 is 0.933 bits per heavy atom. The molecule has 0 bridgehead atoms. The lowest BCUT2D eigenvalue weighted by Crippen LogP contribution is -2.32. The maximum absolute atomic E-state index is 12.8. The minimum atomic E-state index is -0.959. The number of benzodiazepines with no additional fused rings is 1. The van der Waals surface area contributed by atoms with Crippen molar-refractivity contribution in [3.63, 3.8) is 0 Å². The number of furan rings is 1. The Bertz CT molecular complexity index is 1240. The van der Waals surface area contributed by atoms with Crippen LogP contribution in [0.15, 0.2) is 80.6 Å². The van der Waals surface area contributed by atoms with E-state index in [0.29, 0.717) is 17.2 Å². The normalized spacial score (nSPS) is 15.7. The fourth-order valence-electron chi connectivity index (χ4n) is 3.23. The number of carbonyl (C=O) groups excluding carboxylic acids is 1. The van der Waals surface area contributed by atoms with Gasteiger partial charge in [0.1, 0.15) is 5.76 Å². The summed E-state index contributed by atoms with van der Waals surface area (Å²) in [6, 6.07) is 20.9. The predicted octanol–water partition coefficient (Wildman–Crippen LogP) is 3.87. The Hall–Kier alpha value is -4.20. The van der Waals surface area contributed by atoms with Crippen molar-refractivity contribution in [2.45, 2.75) is 13.1 Å². The Kier molecular flexibility index (Phi) is 4.36. The van der Waals surface area contributed by atoms with Gasteiger partial charge in [-0.05, 0) is 25.1 Å². The maximum atomic E-state index is 12.8. The SMILES string of the molecule is Cc1ccc(-c2nnc(NC3N=C(c4ccccc4)c4ccccc4NC3=O)o2)o1. The zero-order chi connectivity index (χ0) is 20.5. The van der Waals surface area contributed by atoms with Crippen molar-refractivity contribution in [3.05, 3.63) is 83.6 Å². The van der Waals surface area contributed by atoms with E-state index in [1.165, 1.54) is 0 Å². The smallest absolute Gasteiger partial charge is 0.317 e. The molecule has 3 heterocycles. The molecule has 1 atom stereocenters. The van der Waals surface area contributed by atoms with Crippen molar-refractivity contribution in [1.29, 1.82) is 0 Å². The van der Waals surface area contributed by atoms with Crippen LogP contribution in [-0.2, 0) is 4.79 Å². The molecular weight excluding hydrogens is 382 g/mol. The van der Waals surface area contributed by atoms with Gasteiger partial charge in [0, 0.05) is 11.1 Å². The number of benzene rings is 2. The van der Waals surface area contributed by atoms with Gasteiger partial charge in [-0.3, -0.25) is 4.79 Å². The van der Waals surface area contributed by atoms with Gasteiger partial charge in [-0.2, -0.15) is 0 Å². The molecular formula is C22H17N5O3. The number of rotatable bonds is 4. The summed E-state index contributed by atoms with van der Waals surface area (Å²) in [4.78, 5) is 17.5. The second-order valence-corrected chi connectivity index (χ2v) is 6.75. The number of para-hydroxylation sites is 1. The van der Waals surface area contributed by atoms with Crippen molar-refractivity contribution in [2.75, 3.05) is 10.6 Å². The summed E-state index contributed by atoms with van der Waals surface area (Å²) in [7, 11) is 0. The molecule has 0 fully saturated rings. The average molecular weight is 399 g/mol. The number of hydrogen-bond acceptors (Lipinski definition) is 7. The second kappa shape index (κ2) is 7.32. The molecule has 0 radical (unpaired) electrons. The van der Waals surface area contributed by atoms with E-state index in [9.17, 15) is 4.79 Å².